The molecule has 0 bridgehead atoms. The number of rotatable bonds is 4. The van der Waals surface area contributed by atoms with Crippen LogP contribution in [0.1, 0.15) is 41.4 Å². The van der Waals surface area contributed by atoms with E-state index in [9.17, 15) is 14.0 Å². The van der Waals surface area contributed by atoms with Crippen LogP contribution >= 0.6 is 11.3 Å². The normalized spacial score (nSPS) is 11.5. The van der Waals surface area contributed by atoms with Crippen molar-refractivity contribution in [3.63, 3.8) is 0 Å². The predicted octanol–water partition coefficient (Wildman–Crippen LogP) is 4.71. The number of hydrogen-bond donors (Lipinski definition) is 1. The van der Waals surface area contributed by atoms with Gasteiger partial charge in [-0.2, -0.15) is 0 Å². The average Bonchev–Trinajstić information content (AvgIpc) is 3.26. The minimum absolute atomic E-state index is 0.0648. The Labute approximate surface area is 164 Å². The second kappa shape index (κ2) is 6.83. The molecule has 0 radical (unpaired) electrons. The lowest BCUT2D eigenvalue weighted by Gasteiger charge is -2.05. The van der Waals surface area contributed by atoms with Crippen molar-refractivity contribution in [2.75, 3.05) is 0 Å². The third kappa shape index (κ3) is 2.97. The van der Waals surface area contributed by atoms with Crippen molar-refractivity contribution in [2.45, 2.75) is 26.8 Å². The van der Waals surface area contributed by atoms with Gasteiger partial charge in [-0.05, 0) is 50.6 Å². The topological polar surface area (TPSA) is 67.8 Å². The van der Waals surface area contributed by atoms with Crippen molar-refractivity contribution in [3.05, 3.63) is 75.5 Å². The van der Waals surface area contributed by atoms with Crippen molar-refractivity contribution < 1.29 is 9.18 Å². The Morgan fingerprint density at radius 2 is 2.00 bits per heavy atom. The van der Waals surface area contributed by atoms with Crippen LogP contribution in [0.5, 0.6) is 0 Å². The van der Waals surface area contributed by atoms with Gasteiger partial charge in [0.15, 0.2) is 0 Å². The second-order valence-electron chi connectivity index (χ2n) is 6.90. The summed E-state index contributed by atoms with van der Waals surface area (Å²) >= 11 is 1.44. The van der Waals surface area contributed by atoms with Gasteiger partial charge < -0.3 is 5.10 Å². The number of thiazole rings is 1. The van der Waals surface area contributed by atoms with Crippen LogP contribution in [0.4, 0.5) is 4.39 Å². The van der Waals surface area contributed by atoms with Crippen molar-refractivity contribution in [3.8, 4) is 10.6 Å². The van der Waals surface area contributed by atoms with Crippen molar-refractivity contribution in [1.82, 2.24) is 14.8 Å². The lowest BCUT2D eigenvalue weighted by atomic mass is 10.0. The molecule has 2 heterocycles. The molecule has 5 nitrogen and oxygen atoms in total. The third-order valence-corrected chi connectivity index (χ3v) is 5.76. The van der Waals surface area contributed by atoms with Gasteiger partial charge in [0.1, 0.15) is 16.4 Å². The summed E-state index contributed by atoms with van der Waals surface area (Å²) in [5.41, 5.74) is 2.30. The van der Waals surface area contributed by atoms with E-state index >= 15 is 0 Å². The summed E-state index contributed by atoms with van der Waals surface area (Å²) in [5, 5.41) is 3.53. The van der Waals surface area contributed by atoms with Gasteiger partial charge in [0.25, 0.3) is 5.56 Å². The number of aromatic amines is 1. The van der Waals surface area contributed by atoms with Gasteiger partial charge in [-0.25, -0.2) is 9.37 Å². The van der Waals surface area contributed by atoms with Crippen LogP contribution in [-0.2, 0) is 0 Å². The number of carbonyl (C=O) groups is 1. The highest BCUT2D eigenvalue weighted by molar-refractivity contribution is 7.21. The standard InChI is InChI=1S/C21H18FN3O2S/c1-11(2)25-21(27)16(10-23-25)19(26)15-7-8-17-18(12(15)3)24-20(28-17)13-5-4-6-14(22)9-13/h4-11,23H,1-3H3. The van der Waals surface area contributed by atoms with Crippen molar-refractivity contribution in [1.29, 1.82) is 0 Å². The van der Waals surface area contributed by atoms with E-state index in [1.165, 1.54) is 34.3 Å². The zero-order chi connectivity index (χ0) is 20.0. The van der Waals surface area contributed by atoms with Crippen LogP contribution in [-0.4, -0.2) is 20.5 Å². The Kier molecular flexibility index (Phi) is 4.47. The van der Waals surface area contributed by atoms with Gasteiger partial charge in [0.2, 0.25) is 5.78 Å². The highest BCUT2D eigenvalue weighted by Gasteiger charge is 2.21. The van der Waals surface area contributed by atoms with E-state index in [2.05, 4.69) is 10.1 Å². The molecule has 28 heavy (non-hydrogen) atoms. The monoisotopic (exact) mass is 395 g/mol. The van der Waals surface area contributed by atoms with E-state index in [0.717, 1.165) is 4.70 Å². The maximum atomic E-state index is 13.5. The first-order chi connectivity index (χ1) is 13.4. The van der Waals surface area contributed by atoms with Crippen molar-refractivity contribution >= 4 is 27.3 Å². The number of aromatic nitrogens is 3. The van der Waals surface area contributed by atoms with E-state index in [1.807, 2.05) is 26.8 Å². The van der Waals surface area contributed by atoms with Gasteiger partial charge in [0, 0.05) is 23.4 Å². The number of hydrogen-bond acceptors (Lipinski definition) is 4. The molecule has 142 valence electrons. The van der Waals surface area contributed by atoms with Gasteiger partial charge in [-0.15, -0.1) is 11.3 Å². The first-order valence-electron chi connectivity index (χ1n) is 8.87. The Morgan fingerprint density at radius 1 is 1.21 bits per heavy atom. The molecule has 0 saturated carbocycles. The molecule has 0 spiro atoms. The lowest BCUT2D eigenvalue weighted by molar-refractivity contribution is 0.103. The van der Waals surface area contributed by atoms with E-state index < -0.39 is 0 Å². The average molecular weight is 395 g/mol. The predicted molar refractivity (Wildman–Crippen MR) is 109 cm³/mol. The van der Waals surface area contributed by atoms with Gasteiger partial charge in [0.05, 0.1) is 10.2 Å². The molecule has 0 aliphatic heterocycles. The van der Waals surface area contributed by atoms with Crippen LogP contribution in [0.25, 0.3) is 20.8 Å². The van der Waals surface area contributed by atoms with E-state index in [1.54, 1.807) is 18.2 Å². The largest absolute Gasteiger partial charge is 0.302 e. The van der Waals surface area contributed by atoms with Crippen LogP contribution < -0.4 is 5.56 Å². The fourth-order valence-corrected chi connectivity index (χ4v) is 4.21. The smallest absolute Gasteiger partial charge is 0.277 e. The number of ketones is 1. The number of halogens is 1. The summed E-state index contributed by atoms with van der Waals surface area (Å²) in [6.45, 7) is 5.55. The molecule has 4 rings (SSSR count). The number of nitrogens with one attached hydrogen (secondary N) is 1. The fraction of sp³-hybridized carbons (Fsp3) is 0.190. The summed E-state index contributed by atoms with van der Waals surface area (Å²) in [6, 6.07) is 9.75. The molecule has 7 heteroatoms. The van der Waals surface area contributed by atoms with Crippen LogP contribution in [0.2, 0.25) is 0 Å². The molecule has 4 aromatic rings. The molecular weight excluding hydrogens is 377 g/mol. The van der Waals surface area contributed by atoms with Gasteiger partial charge in [-0.1, -0.05) is 12.1 Å². The number of nitrogens with zero attached hydrogens (tertiary/aromatic N) is 2. The maximum Gasteiger partial charge on any atom is 0.277 e. The molecular formula is C21H18FN3O2S. The zero-order valence-corrected chi connectivity index (χ0v) is 16.4. The zero-order valence-electron chi connectivity index (χ0n) is 15.6. The van der Waals surface area contributed by atoms with Gasteiger partial charge in [-0.3, -0.25) is 14.3 Å². The highest BCUT2D eigenvalue weighted by Crippen LogP contribution is 2.33. The van der Waals surface area contributed by atoms with Crippen LogP contribution in [0.15, 0.2) is 47.4 Å². The molecule has 0 fully saturated rings. The maximum absolute atomic E-state index is 13.5. The first kappa shape index (κ1) is 18.3. The molecule has 0 aliphatic carbocycles. The number of H-pyrrole nitrogens is 1. The van der Waals surface area contributed by atoms with Crippen LogP contribution in [0, 0.1) is 12.7 Å². The lowest BCUT2D eigenvalue weighted by Crippen LogP contribution is -2.23. The summed E-state index contributed by atoms with van der Waals surface area (Å²) in [6.07, 6.45) is 1.45. The van der Waals surface area contributed by atoms with Crippen LogP contribution in [0.3, 0.4) is 0 Å². The number of fused-ring (bicyclic) bond motifs is 1. The number of aryl methyl sites for hydroxylation is 1. The highest BCUT2D eigenvalue weighted by atomic mass is 32.1. The second-order valence-corrected chi connectivity index (χ2v) is 7.93. The molecule has 0 saturated heterocycles. The molecule has 0 unspecified atom stereocenters. The number of carbonyl (C=O) groups excluding carboxylic acids is 1. The molecule has 0 atom stereocenters. The molecule has 0 aliphatic rings. The Balaban J connectivity index is 1.80. The molecule has 0 amide bonds. The van der Waals surface area contributed by atoms with E-state index in [0.29, 0.717) is 27.2 Å². The summed E-state index contributed by atoms with van der Waals surface area (Å²) < 4.78 is 15.9. The first-order valence-corrected chi connectivity index (χ1v) is 9.69. The van der Waals surface area contributed by atoms with E-state index in [4.69, 9.17) is 0 Å². The van der Waals surface area contributed by atoms with Gasteiger partial charge >= 0.3 is 0 Å². The summed E-state index contributed by atoms with van der Waals surface area (Å²) in [7, 11) is 0. The Hall–Kier alpha value is -3.06. The molecule has 1 N–H and O–H groups in total. The van der Waals surface area contributed by atoms with E-state index in [-0.39, 0.29) is 28.8 Å². The minimum atomic E-state index is -0.335. The quantitative estimate of drug-likeness (QED) is 0.509. The molecule has 2 aromatic heterocycles. The van der Waals surface area contributed by atoms with Crippen molar-refractivity contribution in [2.24, 2.45) is 0 Å². The minimum Gasteiger partial charge on any atom is -0.302 e. The Bertz CT molecular complexity index is 1270. The number of benzene rings is 2. The SMILES string of the molecule is Cc1c(C(=O)c2c[nH]n(C(C)C)c2=O)ccc2sc(-c3cccc(F)c3)nc12. The Morgan fingerprint density at radius 3 is 2.68 bits per heavy atom. The summed E-state index contributed by atoms with van der Waals surface area (Å²) in [4.78, 5) is 30.1. The summed E-state index contributed by atoms with van der Waals surface area (Å²) in [5.74, 6) is -0.654. The third-order valence-electron chi connectivity index (χ3n) is 4.69. The fourth-order valence-electron chi connectivity index (χ4n) is 3.19. The molecule has 2 aromatic carbocycles.